The van der Waals surface area contributed by atoms with Crippen LogP contribution in [-0.4, -0.2) is 16.0 Å². The number of halogens is 2. The van der Waals surface area contributed by atoms with E-state index in [0.29, 0.717) is 40.3 Å². The minimum atomic E-state index is -0.114. The number of carbonyl (C=O) groups excluding carboxylic acids is 1. The number of benzene rings is 2. The summed E-state index contributed by atoms with van der Waals surface area (Å²) in [4.78, 5) is 16.2. The normalized spacial score (nSPS) is 10.6. The zero-order valence-electron chi connectivity index (χ0n) is 13.2. The van der Waals surface area contributed by atoms with Crippen LogP contribution in [0.25, 0.3) is 11.4 Å². The van der Waals surface area contributed by atoms with Crippen molar-refractivity contribution in [1.82, 2.24) is 15.5 Å². The highest BCUT2D eigenvalue weighted by Gasteiger charge is 2.12. The molecule has 2 aromatic carbocycles. The van der Waals surface area contributed by atoms with E-state index in [9.17, 15) is 4.79 Å². The fraction of sp³-hybridized carbons (Fsp3) is 0.167. The summed E-state index contributed by atoms with van der Waals surface area (Å²) in [6.45, 7) is 0.382. The summed E-state index contributed by atoms with van der Waals surface area (Å²) in [7, 11) is 0. The van der Waals surface area contributed by atoms with Crippen LogP contribution in [0.2, 0.25) is 10.0 Å². The Bertz CT molecular complexity index is 880. The first kappa shape index (κ1) is 17.5. The first-order valence-corrected chi connectivity index (χ1v) is 8.46. The molecule has 1 heterocycles. The third-order valence-electron chi connectivity index (χ3n) is 3.58. The second-order valence-corrected chi connectivity index (χ2v) is 6.17. The Balaban J connectivity index is 1.53. The summed E-state index contributed by atoms with van der Waals surface area (Å²) in [6.07, 6.45) is 0.598. The summed E-state index contributed by atoms with van der Waals surface area (Å²) in [6, 6.07) is 14.6. The Labute approximate surface area is 155 Å². The standard InChI is InChI=1S/C18H15Cl2N3O2/c19-14-7-3-1-5-12(14)11-21-16(24)9-10-17-22-18(23-25-17)13-6-2-4-8-15(13)20/h1-8H,9-11H2,(H,21,24). The molecule has 0 aliphatic rings. The Kier molecular flexibility index (Phi) is 5.68. The maximum absolute atomic E-state index is 12.0. The van der Waals surface area contributed by atoms with E-state index in [4.69, 9.17) is 27.7 Å². The van der Waals surface area contributed by atoms with Crippen LogP contribution in [0, 0.1) is 0 Å². The van der Waals surface area contributed by atoms with Gasteiger partial charge in [-0.05, 0) is 23.8 Å². The van der Waals surface area contributed by atoms with Gasteiger partial charge < -0.3 is 9.84 Å². The van der Waals surface area contributed by atoms with Gasteiger partial charge in [-0.15, -0.1) is 0 Å². The lowest BCUT2D eigenvalue weighted by Crippen LogP contribution is -2.23. The van der Waals surface area contributed by atoms with Gasteiger partial charge in [0.15, 0.2) is 0 Å². The summed E-state index contributed by atoms with van der Waals surface area (Å²) < 4.78 is 5.19. The van der Waals surface area contributed by atoms with E-state index in [0.717, 1.165) is 5.56 Å². The van der Waals surface area contributed by atoms with Crippen molar-refractivity contribution < 1.29 is 9.32 Å². The molecule has 0 saturated heterocycles. The molecule has 1 aromatic heterocycles. The highest BCUT2D eigenvalue weighted by atomic mass is 35.5. The SMILES string of the molecule is O=C(CCc1nc(-c2ccccc2Cl)no1)NCc1ccccc1Cl. The molecule has 0 spiro atoms. The monoisotopic (exact) mass is 375 g/mol. The average Bonchev–Trinajstić information content (AvgIpc) is 3.08. The van der Waals surface area contributed by atoms with Gasteiger partial charge >= 0.3 is 0 Å². The van der Waals surface area contributed by atoms with Crippen LogP contribution in [0.3, 0.4) is 0 Å². The Hall–Kier alpha value is -2.37. The largest absolute Gasteiger partial charge is 0.352 e. The number of rotatable bonds is 6. The molecule has 0 aliphatic carbocycles. The van der Waals surface area contributed by atoms with Gasteiger partial charge in [0.1, 0.15) is 0 Å². The number of hydrogen-bond acceptors (Lipinski definition) is 4. The van der Waals surface area contributed by atoms with Crippen LogP contribution < -0.4 is 5.32 Å². The molecule has 0 saturated carbocycles. The first-order valence-electron chi connectivity index (χ1n) is 7.71. The minimum Gasteiger partial charge on any atom is -0.352 e. The van der Waals surface area contributed by atoms with Gasteiger partial charge in [-0.3, -0.25) is 4.79 Å². The summed E-state index contributed by atoms with van der Waals surface area (Å²) in [5.74, 6) is 0.692. The van der Waals surface area contributed by atoms with Crippen LogP contribution in [0.4, 0.5) is 0 Å². The number of aromatic nitrogens is 2. The molecular formula is C18H15Cl2N3O2. The number of hydrogen-bond donors (Lipinski definition) is 1. The number of aryl methyl sites for hydroxylation is 1. The van der Waals surface area contributed by atoms with Gasteiger partial charge in [-0.1, -0.05) is 58.7 Å². The molecule has 0 aliphatic heterocycles. The van der Waals surface area contributed by atoms with Crippen molar-refractivity contribution in [3.8, 4) is 11.4 Å². The maximum atomic E-state index is 12.0. The fourth-order valence-electron chi connectivity index (χ4n) is 2.25. The van der Waals surface area contributed by atoms with Gasteiger partial charge in [0, 0.05) is 30.0 Å². The molecule has 0 bridgehead atoms. The summed E-state index contributed by atoms with van der Waals surface area (Å²) in [5.41, 5.74) is 1.57. The van der Waals surface area contributed by atoms with Crippen molar-refractivity contribution >= 4 is 29.1 Å². The van der Waals surface area contributed by atoms with Gasteiger partial charge in [-0.25, -0.2) is 0 Å². The average molecular weight is 376 g/mol. The molecular weight excluding hydrogens is 361 g/mol. The van der Waals surface area contributed by atoms with Crippen LogP contribution in [0.5, 0.6) is 0 Å². The predicted octanol–water partition coefficient (Wildman–Crippen LogP) is 4.29. The van der Waals surface area contributed by atoms with Crippen molar-refractivity contribution in [2.24, 2.45) is 0 Å². The molecule has 7 heteroatoms. The molecule has 128 valence electrons. The number of carbonyl (C=O) groups is 1. The zero-order valence-corrected chi connectivity index (χ0v) is 14.7. The van der Waals surface area contributed by atoms with Gasteiger partial charge in [0.25, 0.3) is 0 Å². The first-order chi connectivity index (χ1) is 12.1. The Morgan fingerprint density at radius 1 is 1.04 bits per heavy atom. The molecule has 1 amide bonds. The molecule has 3 aromatic rings. The van der Waals surface area contributed by atoms with Crippen LogP contribution in [0.15, 0.2) is 53.1 Å². The van der Waals surface area contributed by atoms with Crippen LogP contribution >= 0.6 is 23.2 Å². The lowest BCUT2D eigenvalue weighted by Gasteiger charge is -2.05. The Morgan fingerprint density at radius 2 is 1.76 bits per heavy atom. The summed E-state index contributed by atoms with van der Waals surface area (Å²) in [5, 5.41) is 7.91. The second kappa shape index (κ2) is 8.14. The highest BCUT2D eigenvalue weighted by molar-refractivity contribution is 6.33. The number of amides is 1. The fourth-order valence-corrected chi connectivity index (χ4v) is 2.68. The molecule has 1 N–H and O–H groups in total. The zero-order chi connectivity index (χ0) is 17.6. The third-order valence-corrected chi connectivity index (χ3v) is 4.28. The minimum absolute atomic E-state index is 0.114. The van der Waals surface area contributed by atoms with Crippen molar-refractivity contribution in [3.05, 3.63) is 70.0 Å². The molecule has 0 fully saturated rings. The topological polar surface area (TPSA) is 68.0 Å². The van der Waals surface area contributed by atoms with E-state index in [1.54, 1.807) is 12.1 Å². The van der Waals surface area contributed by atoms with E-state index in [-0.39, 0.29) is 12.3 Å². The lowest BCUT2D eigenvalue weighted by atomic mass is 10.2. The van der Waals surface area contributed by atoms with Crippen molar-refractivity contribution in [2.45, 2.75) is 19.4 Å². The third kappa shape index (κ3) is 4.59. The van der Waals surface area contributed by atoms with E-state index in [1.165, 1.54) is 0 Å². The predicted molar refractivity (Wildman–Crippen MR) is 96.4 cm³/mol. The lowest BCUT2D eigenvalue weighted by molar-refractivity contribution is -0.121. The Morgan fingerprint density at radius 3 is 2.52 bits per heavy atom. The second-order valence-electron chi connectivity index (χ2n) is 5.36. The van der Waals surface area contributed by atoms with Crippen molar-refractivity contribution in [2.75, 3.05) is 0 Å². The van der Waals surface area contributed by atoms with Crippen LogP contribution in [-0.2, 0) is 17.8 Å². The molecule has 25 heavy (non-hydrogen) atoms. The molecule has 0 radical (unpaired) electrons. The number of nitrogens with one attached hydrogen (secondary N) is 1. The maximum Gasteiger partial charge on any atom is 0.227 e. The van der Waals surface area contributed by atoms with Crippen molar-refractivity contribution in [1.29, 1.82) is 0 Å². The van der Waals surface area contributed by atoms with E-state index >= 15 is 0 Å². The van der Waals surface area contributed by atoms with Gasteiger partial charge in [0.2, 0.25) is 17.6 Å². The van der Waals surface area contributed by atoms with Gasteiger partial charge in [0.05, 0.1) is 5.02 Å². The van der Waals surface area contributed by atoms with E-state index in [1.807, 2.05) is 36.4 Å². The quantitative estimate of drug-likeness (QED) is 0.697. The smallest absolute Gasteiger partial charge is 0.227 e. The summed E-state index contributed by atoms with van der Waals surface area (Å²) >= 11 is 12.2. The molecule has 0 atom stereocenters. The van der Waals surface area contributed by atoms with E-state index in [2.05, 4.69) is 15.5 Å². The highest BCUT2D eigenvalue weighted by Crippen LogP contribution is 2.25. The molecule has 3 rings (SSSR count). The van der Waals surface area contributed by atoms with Gasteiger partial charge in [-0.2, -0.15) is 4.98 Å². The van der Waals surface area contributed by atoms with E-state index < -0.39 is 0 Å². The molecule has 5 nitrogen and oxygen atoms in total. The van der Waals surface area contributed by atoms with Crippen LogP contribution in [0.1, 0.15) is 17.9 Å². The van der Waals surface area contributed by atoms with Crippen molar-refractivity contribution in [3.63, 3.8) is 0 Å². The number of nitrogens with zero attached hydrogens (tertiary/aromatic N) is 2. The molecule has 0 unspecified atom stereocenters.